The highest BCUT2D eigenvalue weighted by molar-refractivity contribution is 5.24. The Morgan fingerprint density at radius 3 is 2.50 bits per heavy atom. The van der Waals surface area contributed by atoms with Crippen LogP contribution in [0.25, 0.3) is 0 Å². The Morgan fingerprint density at radius 2 is 1.88 bits per heavy atom. The first-order valence-corrected chi connectivity index (χ1v) is 5.98. The monoisotopic (exact) mass is 223 g/mol. The van der Waals surface area contributed by atoms with Crippen LogP contribution in [0.3, 0.4) is 0 Å². The molecule has 0 aliphatic rings. The second-order valence-corrected chi connectivity index (χ2v) is 4.96. The molecule has 16 heavy (non-hydrogen) atoms. The molecule has 90 valence electrons. The standard InChI is InChI=1S/C14H22FN/c1-14(2,15)11-13-8-5-7-12(10-13)6-3-4-9-16/h5,7-8,10H,3-4,6,9,11,16H2,1-2H3. The lowest BCUT2D eigenvalue weighted by atomic mass is 9.97. The minimum absolute atomic E-state index is 0.484. The minimum Gasteiger partial charge on any atom is -0.330 e. The Hall–Kier alpha value is -0.890. The van der Waals surface area contributed by atoms with Gasteiger partial charge in [0.25, 0.3) is 0 Å². The van der Waals surface area contributed by atoms with Crippen molar-refractivity contribution in [1.29, 1.82) is 0 Å². The summed E-state index contributed by atoms with van der Waals surface area (Å²) < 4.78 is 13.5. The van der Waals surface area contributed by atoms with Crippen molar-refractivity contribution in [3.63, 3.8) is 0 Å². The summed E-state index contributed by atoms with van der Waals surface area (Å²) in [6.45, 7) is 3.99. The Balaban J connectivity index is 2.57. The van der Waals surface area contributed by atoms with Crippen molar-refractivity contribution in [2.75, 3.05) is 6.54 Å². The van der Waals surface area contributed by atoms with Gasteiger partial charge in [0, 0.05) is 6.42 Å². The molecule has 0 aliphatic heterocycles. The molecule has 0 saturated heterocycles. The minimum atomic E-state index is -1.13. The smallest absolute Gasteiger partial charge is 0.109 e. The Bertz CT molecular complexity index is 315. The van der Waals surface area contributed by atoms with Crippen LogP contribution in [0, 0.1) is 0 Å². The van der Waals surface area contributed by atoms with E-state index in [2.05, 4.69) is 12.1 Å². The molecular formula is C14H22FN. The molecule has 0 aromatic heterocycles. The van der Waals surface area contributed by atoms with Crippen molar-refractivity contribution >= 4 is 0 Å². The average molecular weight is 223 g/mol. The van der Waals surface area contributed by atoms with Crippen LogP contribution in [-0.2, 0) is 12.8 Å². The molecule has 0 bridgehead atoms. The highest BCUT2D eigenvalue weighted by Gasteiger charge is 2.15. The molecule has 2 heteroatoms. The van der Waals surface area contributed by atoms with Crippen LogP contribution in [0.15, 0.2) is 24.3 Å². The van der Waals surface area contributed by atoms with Crippen LogP contribution >= 0.6 is 0 Å². The molecule has 0 fully saturated rings. The maximum absolute atomic E-state index is 13.5. The molecule has 2 N–H and O–H groups in total. The maximum Gasteiger partial charge on any atom is 0.109 e. The summed E-state index contributed by atoms with van der Waals surface area (Å²) in [5, 5.41) is 0. The first-order chi connectivity index (χ1) is 7.51. The lowest BCUT2D eigenvalue weighted by Crippen LogP contribution is -2.15. The van der Waals surface area contributed by atoms with E-state index in [-0.39, 0.29) is 0 Å². The number of hydrogen-bond acceptors (Lipinski definition) is 1. The van der Waals surface area contributed by atoms with Crippen LogP contribution in [-0.4, -0.2) is 12.2 Å². The number of rotatable bonds is 6. The van der Waals surface area contributed by atoms with Crippen molar-refractivity contribution in [3.8, 4) is 0 Å². The highest BCUT2D eigenvalue weighted by Crippen LogP contribution is 2.18. The number of aryl methyl sites for hydroxylation is 1. The predicted octanol–water partition coefficient (Wildman–Crippen LogP) is 3.26. The number of halogens is 1. The Labute approximate surface area is 97.9 Å². The summed E-state index contributed by atoms with van der Waals surface area (Å²) in [5.41, 5.74) is 6.70. The number of hydrogen-bond donors (Lipinski definition) is 1. The first-order valence-electron chi connectivity index (χ1n) is 5.98. The molecule has 0 spiro atoms. The molecule has 0 amide bonds. The second-order valence-electron chi connectivity index (χ2n) is 4.96. The third kappa shape index (κ3) is 5.26. The molecule has 1 nitrogen and oxygen atoms in total. The van der Waals surface area contributed by atoms with E-state index in [0.29, 0.717) is 6.42 Å². The SMILES string of the molecule is CC(C)(F)Cc1cccc(CCCCN)c1. The zero-order valence-electron chi connectivity index (χ0n) is 10.3. The summed E-state index contributed by atoms with van der Waals surface area (Å²) in [7, 11) is 0. The lowest BCUT2D eigenvalue weighted by Gasteiger charge is -2.14. The van der Waals surface area contributed by atoms with Gasteiger partial charge in [-0.3, -0.25) is 0 Å². The van der Waals surface area contributed by atoms with Gasteiger partial charge in [0.1, 0.15) is 5.67 Å². The quantitative estimate of drug-likeness (QED) is 0.736. The molecule has 1 aromatic carbocycles. The van der Waals surface area contributed by atoms with Gasteiger partial charge in [-0.05, 0) is 50.8 Å². The molecular weight excluding hydrogens is 201 g/mol. The van der Waals surface area contributed by atoms with Gasteiger partial charge in [-0.1, -0.05) is 24.3 Å². The van der Waals surface area contributed by atoms with E-state index in [9.17, 15) is 4.39 Å². The summed E-state index contributed by atoms with van der Waals surface area (Å²) >= 11 is 0. The van der Waals surface area contributed by atoms with Crippen LogP contribution < -0.4 is 5.73 Å². The van der Waals surface area contributed by atoms with E-state index in [0.717, 1.165) is 31.4 Å². The third-order valence-corrected chi connectivity index (χ3v) is 2.54. The predicted molar refractivity (Wildman–Crippen MR) is 67.3 cm³/mol. The van der Waals surface area contributed by atoms with Gasteiger partial charge in [0.15, 0.2) is 0 Å². The fourth-order valence-corrected chi connectivity index (χ4v) is 1.85. The average Bonchev–Trinajstić information content (AvgIpc) is 2.16. The number of nitrogens with two attached hydrogens (primary N) is 1. The molecule has 0 atom stereocenters. The van der Waals surface area contributed by atoms with Gasteiger partial charge in [-0.2, -0.15) is 0 Å². The van der Waals surface area contributed by atoms with E-state index < -0.39 is 5.67 Å². The zero-order chi connectivity index (χ0) is 12.0. The largest absolute Gasteiger partial charge is 0.330 e. The van der Waals surface area contributed by atoms with Crippen molar-refractivity contribution in [1.82, 2.24) is 0 Å². The molecule has 0 heterocycles. The van der Waals surface area contributed by atoms with Gasteiger partial charge in [-0.25, -0.2) is 4.39 Å². The van der Waals surface area contributed by atoms with Crippen molar-refractivity contribution in [2.45, 2.75) is 45.2 Å². The summed E-state index contributed by atoms with van der Waals surface area (Å²) in [6, 6.07) is 8.22. The normalized spacial score (nSPS) is 11.8. The van der Waals surface area contributed by atoms with E-state index >= 15 is 0 Å². The molecule has 1 rings (SSSR count). The van der Waals surface area contributed by atoms with Crippen molar-refractivity contribution in [3.05, 3.63) is 35.4 Å². The molecule has 1 aromatic rings. The highest BCUT2D eigenvalue weighted by atomic mass is 19.1. The van der Waals surface area contributed by atoms with Gasteiger partial charge in [-0.15, -0.1) is 0 Å². The molecule has 0 saturated carbocycles. The number of unbranched alkanes of at least 4 members (excludes halogenated alkanes) is 1. The fourth-order valence-electron chi connectivity index (χ4n) is 1.85. The Kier molecular flexibility index (Phi) is 4.94. The number of alkyl halides is 1. The van der Waals surface area contributed by atoms with Crippen LogP contribution in [0.2, 0.25) is 0 Å². The summed E-state index contributed by atoms with van der Waals surface area (Å²) in [6.07, 6.45) is 3.69. The van der Waals surface area contributed by atoms with Crippen LogP contribution in [0.4, 0.5) is 4.39 Å². The fraction of sp³-hybridized carbons (Fsp3) is 0.571. The summed E-state index contributed by atoms with van der Waals surface area (Å²) in [4.78, 5) is 0. The molecule has 0 radical (unpaired) electrons. The zero-order valence-corrected chi connectivity index (χ0v) is 10.3. The van der Waals surface area contributed by atoms with Crippen LogP contribution in [0.1, 0.15) is 37.8 Å². The van der Waals surface area contributed by atoms with E-state index in [4.69, 9.17) is 5.73 Å². The second kappa shape index (κ2) is 6.00. The van der Waals surface area contributed by atoms with Crippen molar-refractivity contribution in [2.24, 2.45) is 5.73 Å². The van der Waals surface area contributed by atoms with E-state index in [1.807, 2.05) is 12.1 Å². The third-order valence-electron chi connectivity index (χ3n) is 2.54. The number of benzene rings is 1. The topological polar surface area (TPSA) is 26.0 Å². The molecule has 0 aliphatic carbocycles. The van der Waals surface area contributed by atoms with Gasteiger partial charge < -0.3 is 5.73 Å². The van der Waals surface area contributed by atoms with Crippen molar-refractivity contribution < 1.29 is 4.39 Å². The summed E-state index contributed by atoms with van der Waals surface area (Å²) in [5.74, 6) is 0. The first kappa shape index (κ1) is 13.2. The van der Waals surface area contributed by atoms with Gasteiger partial charge >= 0.3 is 0 Å². The van der Waals surface area contributed by atoms with Gasteiger partial charge in [0.2, 0.25) is 0 Å². The Morgan fingerprint density at radius 1 is 1.19 bits per heavy atom. The maximum atomic E-state index is 13.5. The lowest BCUT2D eigenvalue weighted by molar-refractivity contribution is 0.217. The van der Waals surface area contributed by atoms with E-state index in [1.54, 1.807) is 13.8 Å². The van der Waals surface area contributed by atoms with Crippen LogP contribution in [0.5, 0.6) is 0 Å². The molecule has 0 unspecified atom stereocenters. The van der Waals surface area contributed by atoms with E-state index in [1.165, 1.54) is 5.56 Å². The van der Waals surface area contributed by atoms with Gasteiger partial charge in [0.05, 0.1) is 0 Å².